The Morgan fingerprint density at radius 3 is 2.59 bits per heavy atom. The third-order valence-corrected chi connectivity index (χ3v) is 2.12. The Balaban J connectivity index is 3.06. The lowest BCUT2D eigenvalue weighted by Gasteiger charge is -2.10. The molecular formula is C12H12N2O3. The quantitative estimate of drug-likeness (QED) is 0.251. The van der Waals surface area contributed by atoms with Crippen molar-refractivity contribution < 1.29 is 19.1 Å². The van der Waals surface area contributed by atoms with Gasteiger partial charge in [0.15, 0.2) is 5.92 Å². The molecule has 0 heterocycles. The molecule has 0 saturated heterocycles. The molecule has 17 heavy (non-hydrogen) atoms. The first-order valence-corrected chi connectivity index (χ1v) is 5.13. The maximum Gasteiger partial charge on any atom is 0.324 e. The Hall–Kier alpha value is -2.26. The number of carbonyl (C=O) groups is 2. The van der Waals surface area contributed by atoms with E-state index in [2.05, 4.69) is 4.79 Å². The molecule has 0 spiro atoms. The summed E-state index contributed by atoms with van der Waals surface area (Å²) in [7, 11) is 0. The first kappa shape index (κ1) is 12.8. The minimum absolute atomic E-state index is 0.186. The van der Waals surface area contributed by atoms with E-state index in [1.807, 2.05) is 0 Å². The van der Waals surface area contributed by atoms with Crippen LogP contribution in [0.25, 0.3) is 5.53 Å². The minimum atomic E-state index is -1.08. The van der Waals surface area contributed by atoms with Gasteiger partial charge in [-0.2, -0.15) is 4.79 Å². The fourth-order valence-corrected chi connectivity index (χ4v) is 1.42. The molecule has 0 fully saturated rings. The van der Waals surface area contributed by atoms with Gasteiger partial charge in [-0.1, -0.05) is 30.3 Å². The van der Waals surface area contributed by atoms with Crippen molar-refractivity contribution in [2.24, 2.45) is 0 Å². The van der Waals surface area contributed by atoms with Crippen LogP contribution < -0.4 is 0 Å². The average molecular weight is 232 g/mol. The second kappa shape index (κ2) is 6.35. The third kappa shape index (κ3) is 3.36. The molecular weight excluding hydrogens is 220 g/mol. The van der Waals surface area contributed by atoms with Crippen LogP contribution in [-0.2, 0) is 14.3 Å². The Morgan fingerprint density at radius 1 is 1.41 bits per heavy atom. The highest BCUT2D eigenvalue weighted by molar-refractivity contribution is 6.33. The molecule has 1 atom stereocenters. The van der Waals surface area contributed by atoms with Gasteiger partial charge in [-0.3, -0.25) is 9.59 Å². The Kier molecular flexibility index (Phi) is 4.78. The normalized spacial score (nSPS) is 11.1. The van der Waals surface area contributed by atoms with Gasteiger partial charge in [0.1, 0.15) is 0 Å². The molecule has 0 aliphatic rings. The molecule has 5 heteroatoms. The van der Waals surface area contributed by atoms with E-state index in [1.165, 1.54) is 0 Å². The highest BCUT2D eigenvalue weighted by Crippen LogP contribution is 2.17. The molecule has 0 aliphatic carbocycles. The number of nitrogens with zero attached hydrogens (tertiary/aromatic N) is 2. The standard InChI is InChI=1S/C12H12N2O3/c1-2-17-12(16)11(10(15)8-14-13)9-6-4-3-5-7-9/h3-8,11H,2H2,1H3/t11-/m0/s1. The van der Waals surface area contributed by atoms with Crippen LogP contribution in [0.4, 0.5) is 0 Å². The molecule has 0 N–H and O–H groups in total. The van der Waals surface area contributed by atoms with E-state index in [9.17, 15) is 9.59 Å². The number of carbonyl (C=O) groups excluding carboxylic acids is 2. The average Bonchev–Trinajstić information content (AvgIpc) is 2.31. The molecule has 0 aromatic heterocycles. The molecule has 0 radical (unpaired) electrons. The smallest absolute Gasteiger partial charge is 0.324 e. The summed E-state index contributed by atoms with van der Waals surface area (Å²) in [5, 5.41) is 0. The minimum Gasteiger partial charge on any atom is -0.465 e. The van der Waals surface area contributed by atoms with Gasteiger partial charge in [-0.05, 0) is 12.5 Å². The Labute approximate surface area is 98.6 Å². The zero-order valence-corrected chi connectivity index (χ0v) is 9.37. The predicted octanol–water partition coefficient (Wildman–Crippen LogP) is 1.20. The summed E-state index contributed by atoms with van der Waals surface area (Å²) in [4.78, 5) is 26.0. The number of hydrogen-bond donors (Lipinski definition) is 0. The van der Waals surface area contributed by atoms with E-state index < -0.39 is 17.7 Å². The monoisotopic (exact) mass is 232 g/mol. The van der Waals surface area contributed by atoms with Crippen molar-refractivity contribution in [3.63, 3.8) is 0 Å². The van der Waals surface area contributed by atoms with E-state index >= 15 is 0 Å². The van der Waals surface area contributed by atoms with Crippen molar-refractivity contribution in [2.75, 3.05) is 6.61 Å². The van der Waals surface area contributed by atoms with Gasteiger partial charge in [0.05, 0.1) is 6.61 Å². The van der Waals surface area contributed by atoms with Crippen molar-refractivity contribution in [1.82, 2.24) is 0 Å². The predicted molar refractivity (Wildman–Crippen MR) is 60.5 cm³/mol. The van der Waals surface area contributed by atoms with Gasteiger partial charge < -0.3 is 10.3 Å². The zero-order chi connectivity index (χ0) is 12.7. The summed E-state index contributed by atoms with van der Waals surface area (Å²) >= 11 is 0. The van der Waals surface area contributed by atoms with Crippen molar-refractivity contribution in [1.29, 1.82) is 0 Å². The molecule has 0 bridgehead atoms. The van der Waals surface area contributed by atoms with Crippen LogP contribution in [0.3, 0.4) is 0 Å². The lowest BCUT2D eigenvalue weighted by molar-refractivity contribution is -0.147. The highest BCUT2D eigenvalue weighted by Gasteiger charge is 2.30. The van der Waals surface area contributed by atoms with Crippen LogP contribution in [0, 0.1) is 0 Å². The summed E-state index contributed by atoms with van der Waals surface area (Å²) in [6.07, 6.45) is 0.703. The van der Waals surface area contributed by atoms with Crippen LogP contribution in [-0.4, -0.2) is 29.4 Å². The van der Waals surface area contributed by atoms with Crippen molar-refractivity contribution in [2.45, 2.75) is 12.8 Å². The number of hydrogen-bond acceptors (Lipinski definition) is 3. The Bertz CT molecular complexity index is 450. The van der Waals surface area contributed by atoms with Crippen molar-refractivity contribution in [3.8, 4) is 0 Å². The van der Waals surface area contributed by atoms with Crippen LogP contribution >= 0.6 is 0 Å². The summed E-state index contributed by atoms with van der Waals surface area (Å²) in [5.41, 5.74) is 8.85. The number of esters is 1. The maximum atomic E-state index is 11.7. The second-order valence-electron chi connectivity index (χ2n) is 3.24. The Morgan fingerprint density at radius 2 is 2.06 bits per heavy atom. The first-order valence-electron chi connectivity index (χ1n) is 5.13. The van der Waals surface area contributed by atoms with Crippen molar-refractivity contribution in [3.05, 3.63) is 41.4 Å². The second-order valence-corrected chi connectivity index (χ2v) is 3.24. The molecule has 0 amide bonds. The first-order chi connectivity index (χ1) is 8.20. The van der Waals surface area contributed by atoms with E-state index in [0.29, 0.717) is 11.8 Å². The zero-order valence-electron chi connectivity index (χ0n) is 9.37. The summed E-state index contributed by atoms with van der Waals surface area (Å²) in [6, 6.07) is 8.49. The highest BCUT2D eigenvalue weighted by atomic mass is 16.5. The summed E-state index contributed by atoms with van der Waals surface area (Å²) < 4.78 is 4.82. The molecule has 1 aromatic rings. The number of rotatable bonds is 5. The number of Topliss-reactive ketones (excluding diaryl/α,β-unsaturated/α-hetero) is 1. The topological polar surface area (TPSA) is 79.8 Å². The SMILES string of the molecule is CCOC(=O)[C@H](C(=O)C=[N+]=[N-])c1ccccc1. The molecule has 0 unspecified atom stereocenters. The van der Waals surface area contributed by atoms with E-state index in [-0.39, 0.29) is 6.61 Å². The van der Waals surface area contributed by atoms with Gasteiger partial charge in [-0.15, -0.1) is 0 Å². The van der Waals surface area contributed by atoms with Gasteiger partial charge in [0, 0.05) is 0 Å². The maximum absolute atomic E-state index is 11.7. The van der Waals surface area contributed by atoms with Crippen LogP contribution in [0.2, 0.25) is 0 Å². The lowest BCUT2D eigenvalue weighted by Crippen LogP contribution is -2.25. The summed E-state index contributed by atoms with van der Waals surface area (Å²) in [6.45, 7) is 1.84. The third-order valence-electron chi connectivity index (χ3n) is 2.12. The number of benzene rings is 1. The van der Waals surface area contributed by atoms with E-state index in [4.69, 9.17) is 10.3 Å². The van der Waals surface area contributed by atoms with Gasteiger partial charge in [-0.25, -0.2) is 0 Å². The fraction of sp³-hybridized carbons (Fsp3) is 0.250. The van der Waals surface area contributed by atoms with Crippen LogP contribution in [0.1, 0.15) is 18.4 Å². The van der Waals surface area contributed by atoms with Gasteiger partial charge in [0.2, 0.25) is 0 Å². The lowest BCUT2D eigenvalue weighted by atomic mass is 9.95. The van der Waals surface area contributed by atoms with Crippen molar-refractivity contribution >= 4 is 18.0 Å². The molecule has 1 rings (SSSR count). The van der Waals surface area contributed by atoms with Gasteiger partial charge in [0.25, 0.3) is 5.78 Å². The molecule has 5 nitrogen and oxygen atoms in total. The fourth-order valence-electron chi connectivity index (χ4n) is 1.42. The van der Waals surface area contributed by atoms with Gasteiger partial charge >= 0.3 is 12.2 Å². The van der Waals surface area contributed by atoms with Crippen LogP contribution in [0.5, 0.6) is 0 Å². The van der Waals surface area contributed by atoms with Crippen LogP contribution in [0.15, 0.2) is 30.3 Å². The largest absolute Gasteiger partial charge is 0.465 e. The van der Waals surface area contributed by atoms with E-state index in [1.54, 1.807) is 37.3 Å². The summed E-state index contributed by atoms with van der Waals surface area (Å²) in [5.74, 6) is -2.34. The van der Waals surface area contributed by atoms with E-state index in [0.717, 1.165) is 0 Å². The molecule has 88 valence electrons. The molecule has 1 aromatic carbocycles. The number of ketones is 1. The molecule has 0 aliphatic heterocycles. The number of ether oxygens (including phenoxy) is 1. The molecule has 0 saturated carbocycles.